The van der Waals surface area contributed by atoms with E-state index >= 15 is 0 Å². The second-order valence-electron chi connectivity index (χ2n) is 6.76. The van der Waals surface area contributed by atoms with Crippen molar-refractivity contribution in [3.63, 3.8) is 0 Å². The standard InChI is InChI=1S/C20H19N5O4/c1-27-17-15(29-11-13-10-28-13)5-4-14-16(17)23-20(25-8-7-22-18(14)25)24-19(26)12-3-2-6-21-9-12/h2-6,9,13,22H,7-8,10-11H2,1H3. The molecule has 0 saturated carbocycles. The van der Waals surface area contributed by atoms with E-state index in [4.69, 9.17) is 14.2 Å². The molecule has 2 aliphatic rings. The molecule has 1 N–H and O–H groups in total. The Hall–Kier alpha value is -3.46. The zero-order valence-corrected chi connectivity index (χ0v) is 15.8. The second-order valence-corrected chi connectivity index (χ2v) is 6.76. The Labute approximate surface area is 166 Å². The molecular weight excluding hydrogens is 374 g/mol. The molecule has 1 unspecified atom stereocenters. The first-order valence-electron chi connectivity index (χ1n) is 9.33. The van der Waals surface area contributed by atoms with Crippen molar-refractivity contribution < 1.29 is 19.0 Å². The summed E-state index contributed by atoms with van der Waals surface area (Å²) in [5.74, 6) is 1.54. The van der Waals surface area contributed by atoms with Gasteiger partial charge in [-0.2, -0.15) is 4.99 Å². The first-order valence-corrected chi connectivity index (χ1v) is 9.33. The van der Waals surface area contributed by atoms with E-state index in [0.29, 0.717) is 48.0 Å². The summed E-state index contributed by atoms with van der Waals surface area (Å²) in [6.45, 7) is 2.55. The number of hydrogen-bond acceptors (Lipinski definition) is 7. The number of fused-ring (bicyclic) bond motifs is 3. The zero-order valence-electron chi connectivity index (χ0n) is 15.8. The lowest BCUT2D eigenvalue weighted by atomic mass is 10.2. The van der Waals surface area contributed by atoms with E-state index in [-0.39, 0.29) is 6.10 Å². The molecule has 4 heterocycles. The van der Waals surface area contributed by atoms with Gasteiger partial charge in [-0.1, -0.05) is 0 Å². The van der Waals surface area contributed by atoms with E-state index in [1.165, 1.54) is 6.20 Å². The number of nitrogens with one attached hydrogen (secondary N) is 1. The fraction of sp³-hybridized carbons (Fsp3) is 0.300. The molecule has 148 valence electrons. The van der Waals surface area contributed by atoms with Crippen molar-refractivity contribution in [2.45, 2.75) is 12.6 Å². The van der Waals surface area contributed by atoms with Gasteiger partial charge in [0, 0.05) is 30.9 Å². The Balaban J connectivity index is 1.65. The summed E-state index contributed by atoms with van der Waals surface area (Å²) in [5.41, 5.74) is 1.30. The molecule has 1 atom stereocenters. The van der Waals surface area contributed by atoms with Crippen LogP contribution in [0.1, 0.15) is 10.4 Å². The van der Waals surface area contributed by atoms with Crippen LogP contribution < -0.4 is 20.4 Å². The summed E-state index contributed by atoms with van der Waals surface area (Å²) in [4.78, 5) is 25.5. The maximum absolute atomic E-state index is 12.6. The quantitative estimate of drug-likeness (QED) is 0.653. The van der Waals surface area contributed by atoms with Crippen molar-refractivity contribution in [2.24, 2.45) is 4.99 Å². The molecule has 3 aromatic rings. The molecule has 29 heavy (non-hydrogen) atoms. The minimum absolute atomic E-state index is 0.128. The molecule has 1 fully saturated rings. The molecule has 0 aliphatic carbocycles. The Kier molecular flexibility index (Phi) is 4.36. The van der Waals surface area contributed by atoms with Crippen LogP contribution in [0.4, 0.5) is 5.82 Å². The molecule has 0 spiro atoms. The molecule has 0 bridgehead atoms. The fourth-order valence-electron chi connectivity index (χ4n) is 3.34. The molecule has 5 rings (SSSR count). The van der Waals surface area contributed by atoms with Crippen LogP contribution in [0.3, 0.4) is 0 Å². The van der Waals surface area contributed by atoms with Crippen LogP contribution in [-0.4, -0.2) is 53.4 Å². The summed E-state index contributed by atoms with van der Waals surface area (Å²) in [6.07, 6.45) is 3.23. The molecule has 2 aliphatic heterocycles. The monoisotopic (exact) mass is 393 g/mol. The average Bonchev–Trinajstić information content (AvgIpc) is 3.45. The zero-order chi connectivity index (χ0) is 19.8. The molecular formula is C20H19N5O4. The summed E-state index contributed by atoms with van der Waals surface area (Å²) in [7, 11) is 1.57. The number of benzene rings is 1. The lowest BCUT2D eigenvalue weighted by molar-refractivity contribution is 0.0996. The van der Waals surface area contributed by atoms with Gasteiger partial charge in [-0.05, 0) is 24.3 Å². The van der Waals surface area contributed by atoms with E-state index in [2.05, 4.69) is 20.3 Å². The topological polar surface area (TPSA) is 103 Å². The van der Waals surface area contributed by atoms with E-state index < -0.39 is 5.91 Å². The highest BCUT2D eigenvalue weighted by Gasteiger charge is 2.25. The Morgan fingerprint density at radius 2 is 2.31 bits per heavy atom. The molecule has 2 aromatic heterocycles. The number of amides is 1. The maximum Gasteiger partial charge on any atom is 0.281 e. The summed E-state index contributed by atoms with van der Waals surface area (Å²) >= 11 is 0. The van der Waals surface area contributed by atoms with Gasteiger partial charge in [-0.15, -0.1) is 0 Å². The van der Waals surface area contributed by atoms with Crippen molar-refractivity contribution in [3.05, 3.63) is 47.8 Å². The van der Waals surface area contributed by atoms with E-state index in [9.17, 15) is 4.79 Å². The number of epoxide rings is 1. The van der Waals surface area contributed by atoms with Crippen molar-refractivity contribution in [1.29, 1.82) is 0 Å². The number of rotatable bonds is 5. The van der Waals surface area contributed by atoms with Gasteiger partial charge < -0.3 is 19.5 Å². The maximum atomic E-state index is 12.6. The van der Waals surface area contributed by atoms with Gasteiger partial charge in [-0.3, -0.25) is 14.3 Å². The number of anilines is 1. The third kappa shape index (κ3) is 3.29. The summed E-state index contributed by atoms with van der Waals surface area (Å²) < 4.78 is 18.6. The average molecular weight is 393 g/mol. The highest BCUT2D eigenvalue weighted by atomic mass is 16.6. The smallest absolute Gasteiger partial charge is 0.281 e. The Morgan fingerprint density at radius 3 is 3.07 bits per heavy atom. The minimum atomic E-state index is -0.399. The number of hydrogen-bond donors (Lipinski definition) is 1. The van der Waals surface area contributed by atoms with Crippen molar-refractivity contribution in [3.8, 4) is 11.5 Å². The third-order valence-corrected chi connectivity index (χ3v) is 4.84. The van der Waals surface area contributed by atoms with E-state index in [0.717, 1.165) is 17.7 Å². The number of carbonyl (C=O) groups is 1. The molecule has 9 heteroatoms. The molecule has 1 aromatic carbocycles. The van der Waals surface area contributed by atoms with E-state index in [1.54, 1.807) is 25.4 Å². The van der Waals surface area contributed by atoms with Crippen LogP contribution in [0.5, 0.6) is 11.5 Å². The predicted octanol–water partition coefficient (Wildman–Crippen LogP) is 1.38. The number of nitrogens with zero attached hydrogens (tertiary/aromatic N) is 4. The third-order valence-electron chi connectivity index (χ3n) is 4.84. The SMILES string of the molecule is COc1c(OCC2CO2)ccc2c3n(c(=NC(=O)c4cccnc4)nc12)CCN3. The number of aromatic nitrogens is 3. The first kappa shape index (κ1) is 17.6. The van der Waals surface area contributed by atoms with Crippen LogP contribution in [0, 0.1) is 0 Å². The van der Waals surface area contributed by atoms with Gasteiger partial charge in [0.2, 0.25) is 5.62 Å². The number of carbonyl (C=O) groups excluding carboxylic acids is 1. The number of methoxy groups -OCH3 is 1. The lowest BCUT2D eigenvalue weighted by Gasteiger charge is -2.14. The van der Waals surface area contributed by atoms with Gasteiger partial charge >= 0.3 is 0 Å². The second kappa shape index (κ2) is 7.17. The number of ether oxygens (including phenoxy) is 3. The van der Waals surface area contributed by atoms with Crippen LogP contribution >= 0.6 is 0 Å². The highest BCUT2D eigenvalue weighted by molar-refractivity contribution is 5.96. The summed E-state index contributed by atoms with van der Waals surface area (Å²) in [6, 6.07) is 7.18. The molecule has 9 nitrogen and oxygen atoms in total. The minimum Gasteiger partial charge on any atom is -0.491 e. The Bertz CT molecular complexity index is 1150. The summed E-state index contributed by atoms with van der Waals surface area (Å²) in [5, 5.41) is 4.23. The molecule has 0 radical (unpaired) electrons. The molecule has 1 amide bonds. The van der Waals surface area contributed by atoms with Crippen molar-refractivity contribution >= 4 is 22.6 Å². The van der Waals surface area contributed by atoms with Crippen molar-refractivity contribution in [1.82, 2.24) is 14.5 Å². The van der Waals surface area contributed by atoms with Crippen LogP contribution in [-0.2, 0) is 11.3 Å². The van der Waals surface area contributed by atoms with Crippen LogP contribution in [0.15, 0.2) is 41.7 Å². The largest absolute Gasteiger partial charge is 0.491 e. The van der Waals surface area contributed by atoms with Crippen LogP contribution in [0.25, 0.3) is 10.9 Å². The predicted molar refractivity (Wildman–Crippen MR) is 104 cm³/mol. The van der Waals surface area contributed by atoms with E-state index in [1.807, 2.05) is 16.7 Å². The van der Waals surface area contributed by atoms with Gasteiger partial charge in [0.15, 0.2) is 11.5 Å². The molecule has 1 saturated heterocycles. The van der Waals surface area contributed by atoms with Gasteiger partial charge in [0.05, 0.1) is 19.3 Å². The Morgan fingerprint density at radius 1 is 1.41 bits per heavy atom. The van der Waals surface area contributed by atoms with Gasteiger partial charge in [0.1, 0.15) is 24.0 Å². The fourth-order valence-corrected chi connectivity index (χ4v) is 3.34. The van der Waals surface area contributed by atoms with Crippen LogP contribution in [0.2, 0.25) is 0 Å². The van der Waals surface area contributed by atoms with Gasteiger partial charge in [0.25, 0.3) is 5.91 Å². The van der Waals surface area contributed by atoms with Crippen molar-refractivity contribution in [2.75, 3.05) is 32.2 Å². The normalized spacial score (nSPS) is 17.7. The lowest BCUT2D eigenvalue weighted by Crippen LogP contribution is -2.25. The number of pyridine rings is 1. The first-order chi connectivity index (χ1) is 14.2. The van der Waals surface area contributed by atoms with Gasteiger partial charge in [-0.25, -0.2) is 4.98 Å². The highest BCUT2D eigenvalue weighted by Crippen LogP contribution is 2.37.